The molecule has 0 aromatic carbocycles. The third-order valence-electron chi connectivity index (χ3n) is 3.95. The molecule has 9 nitrogen and oxygen atoms in total. The van der Waals surface area contributed by atoms with Crippen LogP contribution in [0.15, 0.2) is 17.4 Å². The molecule has 1 saturated heterocycles. The molecule has 1 aliphatic heterocycles. The second kappa shape index (κ2) is 5.85. The van der Waals surface area contributed by atoms with Gasteiger partial charge in [0.05, 0.1) is 18.8 Å². The summed E-state index contributed by atoms with van der Waals surface area (Å²) in [6, 6.07) is 0. The summed E-state index contributed by atoms with van der Waals surface area (Å²) in [6.45, 7) is 3.87. The van der Waals surface area contributed by atoms with Crippen molar-refractivity contribution >= 4 is 19.4 Å². The highest BCUT2D eigenvalue weighted by atomic mass is 31.1. The topological polar surface area (TPSA) is 119 Å². The third kappa shape index (κ3) is 2.46. The van der Waals surface area contributed by atoms with Gasteiger partial charge in [-0.3, -0.25) is 9.36 Å². The predicted octanol–water partition coefficient (Wildman–Crippen LogP) is 1.10. The molecule has 2 N–H and O–H groups in total. The van der Waals surface area contributed by atoms with Gasteiger partial charge in [-0.2, -0.15) is 0 Å². The van der Waals surface area contributed by atoms with Gasteiger partial charge in [0, 0.05) is 10.5 Å². The van der Waals surface area contributed by atoms with Crippen LogP contribution in [0.1, 0.15) is 26.5 Å². The lowest BCUT2D eigenvalue weighted by atomic mass is 9.99. The molecule has 22 heavy (non-hydrogen) atoms. The van der Waals surface area contributed by atoms with Crippen LogP contribution in [0.4, 0.5) is 0 Å². The fourth-order valence-corrected chi connectivity index (χ4v) is 3.35. The number of aromatic nitrogens is 4. The number of hydrogen-bond donors (Lipinski definition) is 2. The maximum atomic E-state index is 11.7. The van der Waals surface area contributed by atoms with Crippen molar-refractivity contribution in [2.24, 2.45) is 5.92 Å². The van der Waals surface area contributed by atoms with E-state index in [4.69, 9.17) is 14.2 Å². The number of ether oxygens (including phenoxy) is 1. The Morgan fingerprint density at radius 3 is 3.00 bits per heavy atom. The van der Waals surface area contributed by atoms with Crippen LogP contribution in [-0.2, 0) is 13.8 Å². The molecular weight excluding hydrogens is 311 g/mol. The summed E-state index contributed by atoms with van der Waals surface area (Å²) >= 11 is 0. The normalized spacial score (nSPS) is 29.1. The van der Waals surface area contributed by atoms with Crippen molar-refractivity contribution in [1.82, 2.24) is 19.5 Å². The predicted molar refractivity (Wildman–Crippen MR) is 76.2 cm³/mol. The molecule has 0 bridgehead atoms. The van der Waals surface area contributed by atoms with Crippen LogP contribution in [0.2, 0.25) is 0 Å². The largest absolute Gasteiger partial charge is 0.695 e. The molecule has 3 rings (SSSR count). The van der Waals surface area contributed by atoms with Crippen molar-refractivity contribution in [2.45, 2.75) is 38.7 Å². The van der Waals surface area contributed by atoms with Gasteiger partial charge in [0.1, 0.15) is 0 Å². The Kier molecular flexibility index (Phi) is 4.05. The van der Waals surface area contributed by atoms with Gasteiger partial charge in [-0.1, -0.05) is 13.8 Å². The summed E-state index contributed by atoms with van der Waals surface area (Å²) in [5, 5.41) is 0. The Bertz CT molecular complexity index is 759. The van der Waals surface area contributed by atoms with Crippen molar-refractivity contribution in [3.8, 4) is 0 Å². The number of rotatable bonds is 4. The molecule has 3 heterocycles. The van der Waals surface area contributed by atoms with Crippen LogP contribution in [0, 0.1) is 5.92 Å². The molecule has 118 valence electrons. The summed E-state index contributed by atoms with van der Waals surface area (Å²) in [5.41, 5.74) is 0.179. The van der Waals surface area contributed by atoms with Gasteiger partial charge >= 0.3 is 8.25 Å². The second-order valence-electron chi connectivity index (χ2n) is 5.20. The van der Waals surface area contributed by atoms with Gasteiger partial charge in [0.25, 0.3) is 5.56 Å². The van der Waals surface area contributed by atoms with E-state index in [1.165, 1.54) is 12.7 Å². The molecule has 1 unspecified atom stereocenters. The van der Waals surface area contributed by atoms with Crippen LogP contribution in [0.5, 0.6) is 0 Å². The fraction of sp³-hybridized carbons (Fsp3) is 0.583. The number of imidazole rings is 1. The average molecular weight is 327 g/mol. The molecule has 2 aromatic heterocycles. The van der Waals surface area contributed by atoms with Crippen molar-refractivity contribution < 1.29 is 18.7 Å². The Hall–Kier alpha value is -1.67. The minimum Gasteiger partial charge on any atom is -0.351 e. The van der Waals surface area contributed by atoms with Gasteiger partial charge < -0.3 is 9.72 Å². The number of hydrogen-bond acceptors (Lipinski definition) is 6. The molecule has 2 aromatic rings. The van der Waals surface area contributed by atoms with Crippen molar-refractivity contribution in [3.63, 3.8) is 0 Å². The molecule has 0 spiro atoms. The lowest BCUT2D eigenvalue weighted by molar-refractivity contribution is -0.0297. The molecule has 1 fully saturated rings. The summed E-state index contributed by atoms with van der Waals surface area (Å²) in [6.07, 6.45) is 2.04. The van der Waals surface area contributed by atoms with Crippen LogP contribution < -0.4 is 5.56 Å². The zero-order valence-electron chi connectivity index (χ0n) is 12.0. The smallest absolute Gasteiger partial charge is 0.351 e. The molecule has 0 aliphatic carbocycles. The minimum atomic E-state index is -2.77. The van der Waals surface area contributed by atoms with Crippen molar-refractivity contribution in [1.29, 1.82) is 0 Å². The standard InChI is InChI=1S/C12H15N4O5P/c1-3-7-6(2)9(21-22(18)19)12(20-7)16-5-15-8-10(16)13-4-14-11(8)17/h4-7,9,12H,3H2,1-2H3,(H-,13,14,17,18,19)/p+1/t6-,7-,9-,12-/m1/s1. The van der Waals surface area contributed by atoms with E-state index in [0.717, 1.165) is 6.42 Å². The second-order valence-corrected chi connectivity index (χ2v) is 5.88. The molecule has 10 heteroatoms. The summed E-state index contributed by atoms with van der Waals surface area (Å²) < 4.78 is 23.8. The Labute approximate surface area is 126 Å². The van der Waals surface area contributed by atoms with Crippen LogP contribution in [0.25, 0.3) is 11.2 Å². The van der Waals surface area contributed by atoms with E-state index in [-0.39, 0.29) is 23.1 Å². The molecule has 0 radical (unpaired) electrons. The zero-order valence-corrected chi connectivity index (χ0v) is 12.9. The lowest BCUT2D eigenvalue weighted by Crippen LogP contribution is -2.26. The molecule has 0 amide bonds. The van der Waals surface area contributed by atoms with Crippen LogP contribution in [0.3, 0.4) is 0 Å². The summed E-state index contributed by atoms with van der Waals surface area (Å²) in [7, 11) is -2.77. The van der Waals surface area contributed by atoms with Crippen molar-refractivity contribution in [2.75, 3.05) is 0 Å². The quantitative estimate of drug-likeness (QED) is 0.807. The highest BCUT2D eigenvalue weighted by molar-refractivity contribution is 7.32. The summed E-state index contributed by atoms with van der Waals surface area (Å²) in [5.74, 6) is -0.0828. The van der Waals surface area contributed by atoms with Gasteiger partial charge in [-0.15, -0.1) is 9.42 Å². The number of fused-ring (bicyclic) bond motifs is 1. The van der Waals surface area contributed by atoms with E-state index >= 15 is 0 Å². The van der Waals surface area contributed by atoms with Gasteiger partial charge in [0.15, 0.2) is 23.5 Å². The van der Waals surface area contributed by atoms with Gasteiger partial charge in [0.2, 0.25) is 0 Å². The third-order valence-corrected chi connectivity index (χ3v) is 4.38. The number of H-pyrrole nitrogens is 1. The number of nitrogens with zero attached hydrogens (tertiary/aromatic N) is 3. The van der Waals surface area contributed by atoms with Gasteiger partial charge in [-0.05, 0) is 6.42 Å². The Balaban J connectivity index is 2.05. The first kappa shape index (κ1) is 15.2. The van der Waals surface area contributed by atoms with Crippen molar-refractivity contribution in [3.05, 3.63) is 23.0 Å². The van der Waals surface area contributed by atoms with E-state index in [1.807, 2.05) is 13.8 Å². The highest BCUT2D eigenvalue weighted by Crippen LogP contribution is 2.41. The Morgan fingerprint density at radius 1 is 1.55 bits per heavy atom. The highest BCUT2D eigenvalue weighted by Gasteiger charge is 2.48. The summed E-state index contributed by atoms with van der Waals surface area (Å²) in [4.78, 5) is 31.4. The van der Waals surface area contributed by atoms with E-state index in [2.05, 4.69) is 15.0 Å². The lowest BCUT2D eigenvalue weighted by Gasteiger charge is -2.16. The number of nitrogens with one attached hydrogen (secondary N) is 1. The number of aromatic amines is 1. The first-order valence-corrected chi connectivity index (χ1v) is 8.04. The maximum absolute atomic E-state index is 11.7. The van der Waals surface area contributed by atoms with E-state index in [1.54, 1.807) is 4.57 Å². The maximum Gasteiger partial charge on any atom is 0.695 e. The van der Waals surface area contributed by atoms with Gasteiger partial charge in [-0.25, -0.2) is 9.97 Å². The first-order valence-electron chi connectivity index (χ1n) is 6.91. The van der Waals surface area contributed by atoms with Crippen LogP contribution in [-0.4, -0.2) is 36.6 Å². The monoisotopic (exact) mass is 327 g/mol. The average Bonchev–Trinajstić information content (AvgIpc) is 3.02. The fourth-order valence-electron chi connectivity index (χ4n) is 2.84. The molecule has 1 aliphatic rings. The first-order chi connectivity index (χ1) is 10.5. The molecule has 0 saturated carbocycles. The Morgan fingerprint density at radius 2 is 2.32 bits per heavy atom. The zero-order chi connectivity index (χ0) is 15.9. The van der Waals surface area contributed by atoms with E-state index in [0.29, 0.717) is 5.65 Å². The SMILES string of the molecule is CC[C@H]1O[C@@H](n2cnc3c(=O)[nH]cnc32)[C@H](O[P+](=O)O)[C@@H]1C. The minimum absolute atomic E-state index is 0.0828. The van der Waals surface area contributed by atoms with E-state index in [9.17, 15) is 9.36 Å². The molecular formula is C12H16N4O5P+. The molecule has 5 atom stereocenters. The van der Waals surface area contributed by atoms with Crippen LogP contribution >= 0.6 is 8.25 Å². The van der Waals surface area contributed by atoms with E-state index < -0.39 is 20.6 Å².